The van der Waals surface area contributed by atoms with Gasteiger partial charge in [-0.25, -0.2) is 0 Å². The zero-order chi connectivity index (χ0) is 16.8. The molecule has 1 atom stereocenters. The molecule has 118 valence electrons. The number of hydrogen-bond acceptors (Lipinski definition) is 3. The molecule has 0 radical (unpaired) electrons. The fourth-order valence-electron chi connectivity index (χ4n) is 2.51. The number of thioether (sulfide) groups is 1. The molecule has 0 saturated carbocycles. The summed E-state index contributed by atoms with van der Waals surface area (Å²) in [4.78, 5) is 15.8. The molecular weight excluding hydrogens is 304 g/mol. The van der Waals surface area contributed by atoms with Gasteiger partial charge in [0.25, 0.3) is 5.91 Å². The summed E-state index contributed by atoms with van der Waals surface area (Å²) in [6, 6.07) is 17.2. The maximum absolute atomic E-state index is 12.8. The van der Waals surface area contributed by atoms with Crippen molar-refractivity contribution in [2.45, 2.75) is 24.8 Å². The fraction of sp³-hybridized carbons (Fsp3) is 0.263. The molecule has 0 heterocycles. The van der Waals surface area contributed by atoms with Gasteiger partial charge in [-0.15, -0.1) is 11.8 Å². The van der Waals surface area contributed by atoms with E-state index in [0.717, 1.165) is 10.5 Å². The van der Waals surface area contributed by atoms with Gasteiger partial charge in [-0.05, 0) is 62.1 Å². The molecule has 2 aromatic carbocycles. The Morgan fingerprint density at radius 2 is 1.78 bits per heavy atom. The van der Waals surface area contributed by atoms with Crippen LogP contribution in [0.4, 0.5) is 0 Å². The molecule has 2 aromatic rings. The maximum atomic E-state index is 12.8. The highest BCUT2D eigenvalue weighted by Gasteiger charge is 2.21. The highest BCUT2D eigenvalue weighted by atomic mass is 32.2. The van der Waals surface area contributed by atoms with Gasteiger partial charge in [-0.1, -0.05) is 12.1 Å². The monoisotopic (exact) mass is 324 g/mol. The van der Waals surface area contributed by atoms with Crippen molar-refractivity contribution >= 4 is 17.7 Å². The molecule has 0 bridgehead atoms. The standard InChI is InChI=1S/C19H20N2OS/c1-4-21(14(2)16-7-5-15(13-20)6-8-16)19(22)17-9-11-18(23-3)12-10-17/h5-12,14H,4H2,1-3H3. The molecular formula is C19H20N2OS. The highest BCUT2D eigenvalue weighted by molar-refractivity contribution is 7.98. The van der Waals surface area contributed by atoms with E-state index < -0.39 is 0 Å². The van der Waals surface area contributed by atoms with Crippen LogP contribution in [0.15, 0.2) is 53.4 Å². The quantitative estimate of drug-likeness (QED) is 0.760. The average molecular weight is 324 g/mol. The lowest BCUT2D eigenvalue weighted by molar-refractivity contribution is 0.0702. The molecule has 2 rings (SSSR count). The molecule has 3 nitrogen and oxygen atoms in total. The Kier molecular flexibility index (Phi) is 5.84. The Morgan fingerprint density at radius 3 is 2.26 bits per heavy atom. The van der Waals surface area contributed by atoms with Gasteiger partial charge < -0.3 is 4.90 Å². The van der Waals surface area contributed by atoms with Crippen LogP contribution < -0.4 is 0 Å². The van der Waals surface area contributed by atoms with Crippen molar-refractivity contribution in [3.05, 3.63) is 65.2 Å². The molecule has 1 unspecified atom stereocenters. The largest absolute Gasteiger partial charge is 0.332 e. The Bertz CT molecular complexity index is 702. The predicted molar refractivity (Wildman–Crippen MR) is 94.5 cm³/mol. The summed E-state index contributed by atoms with van der Waals surface area (Å²) >= 11 is 1.66. The smallest absolute Gasteiger partial charge is 0.254 e. The van der Waals surface area contributed by atoms with Crippen LogP contribution in [0, 0.1) is 11.3 Å². The predicted octanol–water partition coefficient (Wildman–Crippen LogP) is 4.50. The Morgan fingerprint density at radius 1 is 1.17 bits per heavy atom. The summed E-state index contributed by atoms with van der Waals surface area (Å²) in [5, 5.41) is 8.89. The summed E-state index contributed by atoms with van der Waals surface area (Å²) in [6.45, 7) is 4.62. The van der Waals surface area contributed by atoms with Gasteiger partial charge in [0.15, 0.2) is 0 Å². The molecule has 0 saturated heterocycles. The van der Waals surface area contributed by atoms with Gasteiger partial charge in [0.2, 0.25) is 0 Å². The van der Waals surface area contributed by atoms with Gasteiger partial charge >= 0.3 is 0 Å². The van der Waals surface area contributed by atoms with Crippen LogP contribution >= 0.6 is 11.8 Å². The van der Waals surface area contributed by atoms with Gasteiger partial charge in [0.1, 0.15) is 0 Å². The van der Waals surface area contributed by atoms with E-state index >= 15 is 0 Å². The van der Waals surface area contributed by atoms with Crippen LogP contribution in [0.25, 0.3) is 0 Å². The molecule has 0 N–H and O–H groups in total. The van der Waals surface area contributed by atoms with Crippen molar-refractivity contribution in [1.29, 1.82) is 5.26 Å². The van der Waals surface area contributed by atoms with Crippen LogP contribution in [0.2, 0.25) is 0 Å². The number of amides is 1. The summed E-state index contributed by atoms with van der Waals surface area (Å²) in [5.74, 6) is 0.0250. The summed E-state index contributed by atoms with van der Waals surface area (Å²) in [6.07, 6.45) is 2.02. The van der Waals surface area contributed by atoms with Crippen LogP contribution in [-0.4, -0.2) is 23.6 Å². The van der Waals surface area contributed by atoms with Gasteiger partial charge in [-0.2, -0.15) is 5.26 Å². The average Bonchev–Trinajstić information content (AvgIpc) is 2.62. The number of nitrogens with zero attached hydrogens (tertiary/aromatic N) is 2. The number of rotatable bonds is 5. The van der Waals surface area contributed by atoms with Crippen molar-refractivity contribution in [3.63, 3.8) is 0 Å². The normalized spacial score (nSPS) is 11.6. The van der Waals surface area contributed by atoms with Crippen LogP contribution in [0.5, 0.6) is 0 Å². The lowest BCUT2D eigenvalue weighted by atomic mass is 10.0. The van der Waals surface area contributed by atoms with E-state index in [2.05, 4.69) is 6.07 Å². The molecule has 0 aromatic heterocycles. The molecule has 0 fully saturated rings. The van der Waals surface area contributed by atoms with E-state index in [-0.39, 0.29) is 11.9 Å². The number of hydrogen-bond donors (Lipinski definition) is 0. The van der Waals surface area contributed by atoms with E-state index in [9.17, 15) is 4.79 Å². The molecule has 0 spiro atoms. The van der Waals surface area contributed by atoms with Gasteiger partial charge in [0, 0.05) is 17.0 Å². The summed E-state index contributed by atoms with van der Waals surface area (Å²) in [5.41, 5.74) is 2.35. The lowest BCUT2D eigenvalue weighted by Crippen LogP contribution is -2.33. The van der Waals surface area contributed by atoms with Gasteiger partial charge in [0.05, 0.1) is 17.7 Å². The zero-order valence-electron chi connectivity index (χ0n) is 13.6. The summed E-state index contributed by atoms with van der Waals surface area (Å²) < 4.78 is 0. The number of carbonyl (C=O) groups excluding carboxylic acids is 1. The van der Waals surface area contributed by atoms with Crippen molar-refractivity contribution in [3.8, 4) is 6.07 Å². The third kappa shape index (κ3) is 3.94. The van der Waals surface area contributed by atoms with Crippen molar-refractivity contribution in [2.24, 2.45) is 0 Å². The van der Waals surface area contributed by atoms with Crippen LogP contribution in [-0.2, 0) is 0 Å². The van der Waals surface area contributed by atoms with Crippen molar-refractivity contribution in [1.82, 2.24) is 4.90 Å². The SMILES string of the molecule is CCN(C(=O)c1ccc(SC)cc1)C(C)c1ccc(C#N)cc1. The Balaban J connectivity index is 2.22. The minimum atomic E-state index is -0.0412. The summed E-state index contributed by atoms with van der Waals surface area (Å²) in [7, 11) is 0. The van der Waals surface area contributed by atoms with E-state index in [1.807, 2.05) is 61.4 Å². The maximum Gasteiger partial charge on any atom is 0.254 e. The highest BCUT2D eigenvalue weighted by Crippen LogP contribution is 2.23. The topological polar surface area (TPSA) is 44.1 Å². The molecule has 0 aliphatic carbocycles. The second-order valence-corrected chi connectivity index (χ2v) is 6.11. The van der Waals surface area contributed by atoms with Crippen molar-refractivity contribution in [2.75, 3.05) is 12.8 Å². The second-order valence-electron chi connectivity index (χ2n) is 5.23. The first-order valence-corrected chi connectivity index (χ1v) is 8.78. The van der Waals surface area contributed by atoms with E-state index in [4.69, 9.17) is 5.26 Å². The molecule has 0 aliphatic rings. The van der Waals surface area contributed by atoms with E-state index in [0.29, 0.717) is 17.7 Å². The third-order valence-electron chi connectivity index (χ3n) is 3.93. The van der Waals surface area contributed by atoms with E-state index in [1.54, 1.807) is 23.9 Å². The molecule has 23 heavy (non-hydrogen) atoms. The zero-order valence-corrected chi connectivity index (χ0v) is 14.4. The molecule has 0 aliphatic heterocycles. The third-order valence-corrected chi connectivity index (χ3v) is 4.67. The van der Waals surface area contributed by atoms with Crippen molar-refractivity contribution < 1.29 is 4.79 Å². The Hall–Kier alpha value is -2.25. The first kappa shape index (κ1) is 17.1. The first-order valence-electron chi connectivity index (χ1n) is 7.55. The fourth-order valence-corrected chi connectivity index (χ4v) is 2.92. The first-order chi connectivity index (χ1) is 11.1. The minimum absolute atomic E-state index is 0.0250. The second kappa shape index (κ2) is 7.85. The number of nitriles is 1. The van der Waals surface area contributed by atoms with Gasteiger partial charge in [-0.3, -0.25) is 4.79 Å². The van der Waals surface area contributed by atoms with Crippen LogP contribution in [0.3, 0.4) is 0 Å². The number of carbonyl (C=O) groups is 1. The lowest BCUT2D eigenvalue weighted by Gasteiger charge is -2.28. The number of benzene rings is 2. The Labute approximate surface area is 141 Å². The van der Waals surface area contributed by atoms with Crippen LogP contribution in [0.1, 0.15) is 41.4 Å². The molecule has 1 amide bonds. The van der Waals surface area contributed by atoms with E-state index in [1.165, 1.54) is 0 Å². The minimum Gasteiger partial charge on any atom is -0.332 e. The molecule has 4 heteroatoms.